The molecule has 0 radical (unpaired) electrons. The van der Waals surface area contributed by atoms with Crippen LogP contribution in [0.4, 0.5) is 0 Å². The van der Waals surface area contributed by atoms with E-state index in [0.717, 1.165) is 12.8 Å². The molecular formula is C9H19N3O3S. The molecule has 0 saturated heterocycles. The van der Waals surface area contributed by atoms with Crippen molar-refractivity contribution in [2.24, 2.45) is 10.9 Å². The lowest BCUT2D eigenvalue weighted by atomic mass is 10.4. The van der Waals surface area contributed by atoms with Crippen LogP contribution in [0.3, 0.4) is 0 Å². The van der Waals surface area contributed by atoms with Crippen molar-refractivity contribution in [1.29, 1.82) is 0 Å². The highest BCUT2D eigenvalue weighted by Gasteiger charge is 2.36. The van der Waals surface area contributed by atoms with Gasteiger partial charge in [-0.1, -0.05) is 12.1 Å². The topological polar surface area (TPSA) is 96.0 Å². The summed E-state index contributed by atoms with van der Waals surface area (Å²) in [6.45, 7) is 2.15. The Hall–Kier alpha value is -0.820. The van der Waals surface area contributed by atoms with Crippen molar-refractivity contribution in [3.63, 3.8) is 0 Å². The number of nitrogens with zero attached hydrogens (tertiary/aromatic N) is 2. The molecule has 0 aliphatic heterocycles. The fourth-order valence-corrected chi connectivity index (χ4v) is 3.35. The van der Waals surface area contributed by atoms with Gasteiger partial charge in [0.2, 0.25) is 10.0 Å². The molecule has 3 N–H and O–H groups in total. The third-order valence-electron chi connectivity index (χ3n) is 2.49. The zero-order chi connectivity index (χ0) is 12.2. The Bertz CT molecular complexity index is 349. The molecule has 1 rings (SSSR count). The van der Waals surface area contributed by atoms with E-state index in [9.17, 15) is 8.42 Å². The average Bonchev–Trinajstić information content (AvgIpc) is 3.01. The van der Waals surface area contributed by atoms with Crippen LogP contribution >= 0.6 is 0 Å². The number of hydrogen-bond donors (Lipinski definition) is 2. The molecule has 1 aliphatic carbocycles. The van der Waals surface area contributed by atoms with Crippen LogP contribution < -0.4 is 5.73 Å². The van der Waals surface area contributed by atoms with Crippen LogP contribution in [-0.4, -0.2) is 42.1 Å². The molecular weight excluding hydrogens is 230 g/mol. The van der Waals surface area contributed by atoms with Gasteiger partial charge in [0.25, 0.3) is 0 Å². The Kier molecular flexibility index (Phi) is 4.55. The summed E-state index contributed by atoms with van der Waals surface area (Å²) in [6, 6.07) is 0.128. The quantitative estimate of drug-likeness (QED) is 0.294. The van der Waals surface area contributed by atoms with Crippen molar-refractivity contribution < 1.29 is 13.6 Å². The molecule has 0 bridgehead atoms. The average molecular weight is 249 g/mol. The van der Waals surface area contributed by atoms with Gasteiger partial charge < -0.3 is 10.9 Å². The number of hydrogen-bond acceptors (Lipinski definition) is 4. The van der Waals surface area contributed by atoms with E-state index < -0.39 is 10.0 Å². The third kappa shape index (κ3) is 3.64. The van der Waals surface area contributed by atoms with Gasteiger partial charge in [0, 0.05) is 19.0 Å². The van der Waals surface area contributed by atoms with Crippen molar-refractivity contribution in [1.82, 2.24) is 4.31 Å². The van der Waals surface area contributed by atoms with Crippen molar-refractivity contribution in [3.05, 3.63) is 0 Å². The number of oxime groups is 1. The van der Waals surface area contributed by atoms with Crippen LogP contribution in [0.5, 0.6) is 0 Å². The van der Waals surface area contributed by atoms with Crippen molar-refractivity contribution in [3.8, 4) is 0 Å². The first-order chi connectivity index (χ1) is 7.51. The Morgan fingerprint density at radius 2 is 2.19 bits per heavy atom. The zero-order valence-corrected chi connectivity index (χ0v) is 10.3. The molecule has 0 unspecified atom stereocenters. The molecule has 0 heterocycles. The van der Waals surface area contributed by atoms with Crippen LogP contribution in [0.1, 0.15) is 32.6 Å². The fourth-order valence-electron chi connectivity index (χ4n) is 1.56. The normalized spacial score (nSPS) is 18.0. The van der Waals surface area contributed by atoms with E-state index >= 15 is 0 Å². The first kappa shape index (κ1) is 13.2. The second-order valence-electron chi connectivity index (χ2n) is 4.00. The monoisotopic (exact) mass is 249 g/mol. The summed E-state index contributed by atoms with van der Waals surface area (Å²) in [6.07, 6.45) is 2.71. The van der Waals surface area contributed by atoms with Gasteiger partial charge in [0.1, 0.15) is 5.84 Å². The molecule has 94 valence electrons. The van der Waals surface area contributed by atoms with Gasteiger partial charge in [-0.25, -0.2) is 8.42 Å². The molecule has 0 atom stereocenters. The van der Waals surface area contributed by atoms with Crippen LogP contribution in [-0.2, 0) is 10.0 Å². The summed E-state index contributed by atoms with van der Waals surface area (Å²) >= 11 is 0. The molecule has 6 nitrogen and oxygen atoms in total. The van der Waals surface area contributed by atoms with Crippen LogP contribution in [0.2, 0.25) is 0 Å². The minimum Gasteiger partial charge on any atom is -0.409 e. The number of amidine groups is 1. The highest BCUT2D eigenvalue weighted by Crippen LogP contribution is 2.29. The molecule has 7 heteroatoms. The minimum absolute atomic E-state index is 0.0670. The zero-order valence-electron chi connectivity index (χ0n) is 9.46. The van der Waals surface area contributed by atoms with E-state index in [1.54, 1.807) is 0 Å². The summed E-state index contributed by atoms with van der Waals surface area (Å²) in [5, 5.41) is 11.2. The highest BCUT2D eigenvalue weighted by atomic mass is 32.2. The second-order valence-corrected chi connectivity index (χ2v) is 6.04. The summed E-state index contributed by atoms with van der Waals surface area (Å²) in [5.41, 5.74) is 5.34. The second kappa shape index (κ2) is 5.49. The van der Waals surface area contributed by atoms with Gasteiger partial charge in [0.15, 0.2) is 0 Å². The van der Waals surface area contributed by atoms with Crippen LogP contribution in [0, 0.1) is 0 Å². The molecule has 0 amide bonds. The number of rotatable bonds is 7. The van der Waals surface area contributed by atoms with E-state index in [1.807, 2.05) is 6.92 Å². The molecule has 0 spiro atoms. The predicted octanol–water partition coefficient (Wildman–Crippen LogP) is 0.327. The van der Waals surface area contributed by atoms with E-state index in [0.29, 0.717) is 13.0 Å². The molecule has 1 fully saturated rings. The first-order valence-corrected chi connectivity index (χ1v) is 7.08. The summed E-state index contributed by atoms with van der Waals surface area (Å²) in [7, 11) is -3.17. The van der Waals surface area contributed by atoms with Gasteiger partial charge >= 0.3 is 0 Å². The molecule has 0 aromatic heterocycles. The Labute approximate surface area is 96.2 Å². The van der Waals surface area contributed by atoms with E-state index in [4.69, 9.17) is 10.9 Å². The smallest absolute Gasteiger partial charge is 0.214 e. The highest BCUT2D eigenvalue weighted by molar-refractivity contribution is 7.89. The van der Waals surface area contributed by atoms with Gasteiger partial charge in [-0.15, -0.1) is 0 Å². The largest absolute Gasteiger partial charge is 0.409 e. The molecule has 1 saturated carbocycles. The summed E-state index contributed by atoms with van der Waals surface area (Å²) in [4.78, 5) is 0. The van der Waals surface area contributed by atoms with Crippen molar-refractivity contribution >= 4 is 15.9 Å². The van der Waals surface area contributed by atoms with Gasteiger partial charge in [0.05, 0.1) is 5.75 Å². The third-order valence-corrected chi connectivity index (χ3v) is 4.61. The lowest BCUT2D eigenvalue weighted by Gasteiger charge is -2.21. The van der Waals surface area contributed by atoms with Crippen molar-refractivity contribution in [2.75, 3.05) is 12.3 Å². The van der Waals surface area contributed by atoms with Crippen LogP contribution in [0.15, 0.2) is 5.16 Å². The van der Waals surface area contributed by atoms with Gasteiger partial charge in [-0.2, -0.15) is 4.31 Å². The summed E-state index contributed by atoms with van der Waals surface area (Å²) < 4.78 is 25.3. The SMILES string of the molecule is CCCS(=O)(=O)N(CCC(N)=NO)C1CC1. The molecule has 16 heavy (non-hydrogen) atoms. The maximum atomic E-state index is 11.9. The van der Waals surface area contributed by atoms with E-state index in [1.165, 1.54) is 4.31 Å². The van der Waals surface area contributed by atoms with E-state index in [-0.39, 0.29) is 24.1 Å². The lowest BCUT2D eigenvalue weighted by Crippen LogP contribution is -2.37. The maximum absolute atomic E-state index is 11.9. The van der Waals surface area contributed by atoms with Crippen LogP contribution in [0.25, 0.3) is 0 Å². The minimum atomic E-state index is -3.17. The maximum Gasteiger partial charge on any atom is 0.214 e. The lowest BCUT2D eigenvalue weighted by molar-refractivity contribution is 0.315. The fraction of sp³-hybridized carbons (Fsp3) is 0.889. The Morgan fingerprint density at radius 1 is 1.56 bits per heavy atom. The molecule has 1 aliphatic rings. The number of nitrogens with two attached hydrogens (primary N) is 1. The number of sulfonamides is 1. The summed E-state index contributed by atoms with van der Waals surface area (Å²) in [5.74, 6) is 0.233. The standard InChI is InChI=1S/C9H19N3O3S/c1-2-7-16(14,15)12(8-3-4-8)6-5-9(10)11-13/h8,13H,2-7H2,1H3,(H2,10,11). The van der Waals surface area contributed by atoms with Gasteiger partial charge in [-0.05, 0) is 19.3 Å². The molecule has 0 aromatic rings. The first-order valence-electron chi connectivity index (χ1n) is 5.47. The van der Waals surface area contributed by atoms with E-state index in [2.05, 4.69) is 5.16 Å². The Balaban J connectivity index is 2.61. The van der Waals surface area contributed by atoms with Gasteiger partial charge in [-0.3, -0.25) is 0 Å². The van der Waals surface area contributed by atoms with Crippen molar-refractivity contribution in [2.45, 2.75) is 38.6 Å². The Morgan fingerprint density at radius 3 is 2.62 bits per heavy atom. The predicted molar refractivity (Wildman–Crippen MR) is 61.8 cm³/mol. The molecule has 0 aromatic carbocycles.